The maximum atomic E-state index is 15.6. The quantitative estimate of drug-likeness (QED) is 0.0743. The van der Waals surface area contributed by atoms with Crippen LogP contribution < -0.4 is 0 Å². The highest BCUT2D eigenvalue weighted by Gasteiger charge is 2.39. The Morgan fingerprint density at radius 1 is 0.188 bits per heavy atom. The minimum absolute atomic E-state index is 0.166. The summed E-state index contributed by atoms with van der Waals surface area (Å²) < 4.78 is 0. The third kappa shape index (κ3) is 19.9. The van der Waals surface area contributed by atoms with Crippen molar-refractivity contribution in [3.63, 3.8) is 0 Å². The van der Waals surface area contributed by atoms with Crippen LogP contribution in [-0.2, 0) is 38.7 Å². The number of rotatable bonds is 16. The molecule has 0 saturated heterocycles. The standard InChI is InChI=1S/C88H104N8O16/c1-53-65-45-67(75(83(99)107-91-59-33-17-7-18-34-59)49-73(65)81(97)105-89-57-29-13-5-14-30-57)54(2)69-47-71(79(87(103)111-95-63-41-25-11-26-42-63)51-77(69)85(101)109-93-61-37-21-9-22-38-61)56(4)72-48-70(78(86(102)110-94-62-39-23-10-24-40-62)52-80(72)88(104)112-96-64-43-27-12-28-44-64)55(3)68-46-66(53)74(82(98)106-90-58-31-15-6-16-32-58)50-76(68)84(100)108-92-60-35-19-8-20-36-60/h45-56H,5-44H2,1-4H3. The highest BCUT2D eigenvalue weighted by molar-refractivity contribution is 6.05. The van der Waals surface area contributed by atoms with Crippen molar-refractivity contribution in [3.05, 3.63) is 138 Å². The fourth-order valence-electron chi connectivity index (χ4n) is 17.1. The molecule has 8 bridgehead atoms. The lowest BCUT2D eigenvalue weighted by atomic mass is 9.75. The van der Waals surface area contributed by atoms with Gasteiger partial charge in [-0.15, -0.1) is 0 Å². The second kappa shape index (κ2) is 38.5. The molecule has 4 aromatic rings. The molecule has 13 rings (SSSR count). The van der Waals surface area contributed by atoms with E-state index in [-0.39, 0.29) is 89.0 Å². The lowest BCUT2D eigenvalue weighted by molar-refractivity contribution is 0.0492. The Hall–Kier alpha value is -10.0. The van der Waals surface area contributed by atoms with E-state index in [2.05, 4.69) is 41.2 Å². The van der Waals surface area contributed by atoms with Crippen LogP contribution in [0.5, 0.6) is 0 Å². The van der Waals surface area contributed by atoms with Crippen LogP contribution in [0.2, 0.25) is 0 Å². The molecule has 0 radical (unpaired) electrons. The van der Waals surface area contributed by atoms with Crippen LogP contribution in [0.15, 0.2) is 89.8 Å². The third-order valence-corrected chi connectivity index (χ3v) is 23.9. The summed E-state index contributed by atoms with van der Waals surface area (Å²) in [5.74, 6) is -12.4. The number of hydrogen-bond acceptors (Lipinski definition) is 24. The first-order chi connectivity index (χ1) is 54.5. The van der Waals surface area contributed by atoms with Crippen LogP contribution in [0.3, 0.4) is 0 Å². The number of nitrogens with zero attached hydrogens (tertiary/aromatic N) is 8. The van der Waals surface area contributed by atoms with Crippen molar-refractivity contribution in [2.45, 2.75) is 308 Å². The molecule has 9 aliphatic carbocycles. The molecule has 24 heteroatoms. The summed E-state index contributed by atoms with van der Waals surface area (Å²) in [5, 5.41) is 35.6. The summed E-state index contributed by atoms with van der Waals surface area (Å²) in [6.07, 6.45) is 30.5. The van der Waals surface area contributed by atoms with Gasteiger partial charge in [0.25, 0.3) is 0 Å². The number of hydrogen-bond donors (Lipinski definition) is 0. The summed E-state index contributed by atoms with van der Waals surface area (Å²) >= 11 is 0. The van der Waals surface area contributed by atoms with E-state index in [9.17, 15) is 0 Å². The minimum atomic E-state index is -1.15. The van der Waals surface area contributed by atoms with Gasteiger partial charge in [-0.1, -0.05) is 145 Å². The highest BCUT2D eigenvalue weighted by Crippen LogP contribution is 2.45. The summed E-state index contributed by atoms with van der Waals surface area (Å²) in [6, 6.07) is 12.0. The number of fused-ring (bicyclic) bond motifs is 8. The van der Waals surface area contributed by atoms with Crippen molar-refractivity contribution in [2.24, 2.45) is 41.2 Å². The Balaban J connectivity index is 1.13. The van der Waals surface area contributed by atoms with Gasteiger partial charge in [-0.3, -0.25) is 0 Å². The molecule has 0 N–H and O–H groups in total. The van der Waals surface area contributed by atoms with E-state index in [0.29, 0.717) is 148 Å². The Bertz CT molecular complexity index is 3670. The number of carbonyl (C=O) groups is 8. The molecule has 0 amide bonds. The molecule has 0 heterocycles. The smallest absolute Gasteiger partial charge is 0.313 e. The molecule has 592 valence electrons. The zero-order valence-electron chi connectivity index (χ0n) is 65.3. The minimum Gasteiger partial charge on any atom is -0.313 e. The van der Waals surface area contributed by atoms with Crippen molar-refractivity contribution >= 4 is 93.4 Å². The molecule has 0 aliphatic heterocycles. The van der Waals surface area contributed by atoms with Crippen molar-refractivity contribution < 1.29 is 77.1 Å². The molecule has 4 aromatic carbocycles. The first-order valence-electron chi connectivity index (χ1n) is 41.4. The Labute approximate surface area is 654 Å². The van der Waals surface area contributed by atoms with Crippen molar-refractivity contribution in [1.82, 2.24) is 0 Å². The van der Waals surface area contributed by atoms with Crippen LogP contribution in [0.4, 0.5) is 0 Å². The summed E-state index contributed by atoms with van der Waals surface area (Å²) in [6.45, 7) is 6.99. The maximum absolute atomic E-state index is 15.6. The van der Waals surface area contributed by atoms with Gasteiger partial charge in [0.1, 0.15) is 0 Å². The van der Waals surface area contributed by atoms with Gasteiger partial charge in [-0.25, -0.2) is 38.4 Å². The molecular formula is C88H104N8O16. The molecule has 112 heavy (non-hydrogen) atoms. The monoisotopic (exact) mass is 1530 g/mol. The molecular weight excluding hydrogens is 1430 g/mol. The fourth-order valence-corrected chi connectivity index (χ4v) is 17.1. The Morgan fingerprint density at radius 2 is 0.295 bits per heavy atom. The SMILES string of the molecule is CC1c2cc(c(C(=O)ON=C3CCCCC3)cc2C(=O)ON=C2CCCCC2)C(C)c2cc(c(C(=O)ON=C3CCCCC3)cc2C(=O)ON=C2CCCCC2)C(C)c2cc(c(C(=O)ON=C3CCCCC3)cc2C(=O)ON=C2CCCCC2)C(C)c2cc1c(C(=O)ON=C1CCCCC1)cc2C(=O)ON=C1CCCCC1. The highest BCUT2D eigenvalue weighted by atomic mass is 16.7. The van der Waals surface area contributed by atoms with Crippen LogP contribution in [0.1, 0.15) is 436 Å². The van der Waals surface area contributed by atoms with E-state index in [0.717, 1.165) is 154 Å². The van der Waals surface area contributed by atoms with Crippen LogP contribution in [-0.4, -0.2) is 93.4 Å². The summed E-state index contributed by atoms with van der Waals surface area (Å²) in [5.41, 5.74) is 5.27. The molecule has 24 nitrogen and oxygen atoms in total. The van der Waals surface area contributed by atoms with Crippen molar-refractivity contribution in [3.8, 4) is 0 Å². The van der Waals surface area contributed by atoms with Gasteiger partial charge in [-0.2, -0.15) is 0 Å². The zero-order valence-corrected chi connectivity index (χ0v) is 65.3. The van der Waals surface area contributed by atoms with E-state index in [4.69, 9.17) is 38.7 Å². The van der Waals surface area contributed by atoms with Gasteiger partial charge >= 0.3 is 47.8 Å². The molecule has 0 atom stereocenters. The van der Waals surface area contributed by atoms with Gasteiger partial charge in [0.2, 0.25) is 0 Å². The second-order valence-electron chi connectivity index (χ2n) is 31.8. The molecule has 0 spiro atoms. The number of oxime groups is 8. The Kier molecular flexibility index (Phi) is 27.5. The predicted octanol–water partition coefficient (Wildman–Crippen LogP) is 20.4. The van der Waals surface area contributed by atoms with Gasteiger partial charge in [0, 0.05) is 23.7 Å². The van der Waals surface area contributed by atoms with E-state index < -0.39 is 71.4 Å². The average molecular weight is 1530 g/mol. The molecule has 0 aromatic heterocycles. The molecule has 0 unspecified atom stereocenters. The second-order valence-corrected chi connectivity index (χ2v) is 31.8. The maximum Gasteiger partial charge on any atom is 0.366 e. The topological polar surface area (TPSA) is 309 Å². The van der Waals surface area contributed by atoms with Crippen LogP contribution in [0.25, 0.3) is 0 Å². The van der Waals surface area contributed by atoms with Crippen LogP contribution in [0, 0.1) is 0 Å². The largest absolute Gasteiger partial charge is 0.366 e. The lowest BCUT2D eigenvalue weighted by Gasteiger charge is -2.28. The zero-order chi connectivity index (χ0) is 78.0. The van der Waals surface area contributed by atoms with Crippen molar-refractivity contribution in [2.75, 3.05) is 0 Å². The third-order valence-electron chi connectivity index (χ3n) is 23.9. The van der Waals surface area contributed by atoms with Gasteiger partial charge in [0.15, 0.2) is 0 Å². The van der Waals surface area contributed by atoms with E-state index >= 15 is 38.4 Å². The molecule has 8 fully saturated rings. The van der Waals surface area contributed by atoms with Crippen molar-refractivity contribution in [1.29, 1.82) is 0 Å². The van der Waals surface area contributed by atoms with E-state index in [1.54, 1.807) is 52.0 Å². The normalized spacial score (nSPS) is 20.8. The first kappa shape index (κ1) is 80.1. The number of benzene rings is 4. The van der Waals surface area contributed by atoms with E-state index in [1.165, 1.54) is 24.3 Å². The molecule has 8 saturated carbocycles. The van der Waals surface area contributed by atoms with Gasteiger partial charge < -0.3 is 38.7 Å². The summed E-state index contributed by atoms with van der Waals surface area (Å²) in [4.78, 5) is 173. The van der Waals surface area contributed by atoms with Gasteiger partial charge in [0.05, 0.1) is 90.2 Å². The lowest BCUT2D eigenvalue weighted by Crippen LogP contribution is -2.22. The fraction of sp³-hybridized carbons (Fsp3) is 0.545. The predicted molar refractivity (Wildman–Crippen MR) is 423 cm³/mol. The summed E-state index contributed by atoms with van der Waals surface area (Å²) in [7, 11) is 0. The molecule has 9 aliphatic rings. The number of carbonyl (C=O) groups excluding carboxylic acids is 8. The Morgan fingerprint density at radius 3 is 0.402 bits per heavy atom. The van der Waals surface area contributed by atoms with Gasteiger partial charge in [-0.05, 0) is 274 Å². The average Bonchev–Trinajstić information content (AvgIpc) is 0.739. The first-order valence-corrected chi connectivity index (χ1v) is 41.4. The van der Waals surface area contributed by atoms with Crippen LogP contribution >= 0.6 is 0 Å². The van der Waals surface area contributed by atoms with E-state index in [1.807, 2.05) is 0 Å².